The first-order chi connectivity index (χ1) is 9.01. The van der Waals surface area contributed by atoms with Crippen molar-refractivity contribution in [2.24, 2.45) is 12.0 Å². The van der Waals surface area contributed by atoms with Gasteiger partial charge in [-0.3, -0.25) is 9.59 Å². The van der Waals surface area contributed by atoms with E-state index in [1.165, 1.54) is 11.3 Å². The number of amides is 2. The van der Waals surface area contributed by atoms with Crippen LogP contribution >= 0.6 is 23.1 Å². The van der Waals surface area contributed by atoms with Gasteiger partial charge >= 0.3 is 0 Å². The highest BCUT2D eigenvalue weighted by atomic mass is 32.2. The molecule has 2 fully saturated rings. The van der Waals surface area contributed by atoms with Crippen molar-refractivity contribution in [3.8, 4) is 0 Å². The molecule has 0 spiro atoms. The summed E-state index contributed by atoms with van der Waals surface area (Å²) in [5.74, 6) is 0.528. The number of nitrogens with zero attached hydrogens (tertiary/aromatic N) is 3. The number of aryl methyl sites for hydroxylation is 1. The number of aromatic nitrogens is 1. The number of hydrogen-bond donors (Lipinski definition) is 0. The maximum Gasteiger partial charge on any atom is 0.272 e. The predicted octanol–water partition coefficient (Wildman–Crippen LogP) is 0.968. The second-order valence-corrected chi connectivity index (χ2v) is 7.39. The van der Waals surface area contributed by atoms with Crippen LogP contribution in [0.2, 0.25) is 0 Å². The Balaban J connectivity index is 1.90. The summed E-state index contributed by atoms with van der Waals surface area (Å²) in [5, 5.41) is 1.89. The molecule has 1 aromatic rings. The monoisotopic (exact) mass is 297 g/mol. The first-order valence-corrected chi connectivity index (χ1v) is 8.03. The molecule has 2 aliphatic rings. The van der Waals surface area contributed by atoms with Crippen LogP contribution in [0.3, 0.4) is 0 Å². The first-order valence-electron chi connectivity index (χ1n) is 6.16. The van der Waals surface area contributed by atoms with Gasteiger partial charge in [-0.25, -0.2) is 0 Å². The minimum absolute atomic E-state index is 0.0802. The van der Waals surface area contributed by atoms with Gasteiger partial charge < -0.3 is 9.47 Å². The van der Waals surface area contributed by atoms with E-state index in [0.29, 0.717) is 17.0 Å². The first kappa shape index (κ1) is 12.9. The van der Waals surface area contributed by atoms with Crippen LogP contribution in [-0.2, 0) is 16.6 Å². The molecular weight excluding hydrogens is 282 g/mol. The van der Waals surface area contributed by atoms with E-state index in [1.807, 2.05) is 30.1 Å². The zero-order valence-electron chi connectivity index (χ0n) is 10.8. The van der Waals surface area contributed by atoms with Crippen LogP contribution in [0.25, 0.3) is 0 Å². The predicted molar refractivity (Wildman–Crippen MR) is 74.6 cm³/mol. The Morgan fingerprint density at radius 3 is 3.05 bits per heavy atom. The number of carbonyl (C=O) groups excluding carboxylic acids is 2. The zero-order chi connectivity index (χ0) is 13.6. The second-order valence-electron chi connectivity index (χ2n) is 5.01. The highest BCUT2D eigenvalue weighted by Crippen LogP contribution is 2.47. The van der Waals surface area contributed by atoms with Crippen molar-refractivity contribution < 1.29 is 9.59 Å². The summed E-state index contributed by atoms with van der Waals surface area (Å²) in [6, 6.07) is -0.396. The summed E-state index contributed by atoms with van der Waals surface area (Å²) in [4.78, 5) is 30.7. The van der Waals surface area contributed by atoms with Crippen LogP contribution in [0.5, 0.6) is 0 Å². The SMILES string of the molecule is Cn1ccsc1=NC(=O)[C@H]1CS[C@@]2(C)CCC(=O)N12. The zero-order valence-corrected chi connectivity index (χ0v) is 12.5. The molecule has 0 aromatic carbocycles. The van der Waals surface area contributed by atoms with E-state index < -0.39 is 6.04 Å². The Labute approximate surface area is 119 Å². The smallest absolute Gasteiger partial charge is 0.272 e. The van der Waals surface area contributed by atoms with Gasteiger partial charge in [-0.05, 0) is 13.3 Å². The van der Waals surface area contributed by atoms with Crippen LogP contribution in [-0.4, -0.2) is 37.9 Å². The van der Waals surface area contributed by atoms with Gasteiger partial charge in [-0.1, -0.05) is 0 Å². The molecule has 5 nitrogen and oxygen atoms in total. The Hall–Kier alpha value is -1.08. The maximum atomic E-state index is 12.3. The Morgan fingerprint density at radius 2 is 2.37 bits per heavy atom. The molecule has 2 aliphatic heterocycles. The van der Waals surface area contributed by atoms with E-state index in [9.17, 15) is 9.59 Å². The quantitative estimate of drug-likeness (QED) is 0.776. The molecule has 2 atom stereocenters. The van der Waals surface area contributed by atoms with Crippen molar-refractivity contribution in [1.82, 2.24) is 9.47 Å². The summed E-state index contributed by atoms with van der Waals surface area (Å²) in [6.07, 6.45) is 3.23. The molecule has 2 saturated heterocycles. The van der Waals surface area contributed by atoms with E-state index in [-0.39, 0.29) is 16.7 Å². The normalized spacial score (nSPS) is 31.1. The Bertz CT molecular complexity index is 606. The van der Waals surface area contributed by atoms with E-state index in [0.717, 1.165) is 6.42 Å². The van der Waals surface area contributed by atoms with Gasteiger partial charge in [-0.2, -0.15) is 4.99 Å². The van der Waals surface area contributed by atoms with Crippen molar-refractivity contribution in [1.29, 1.82) is 0 Å². The Kier molecular flexibility index (Phi) is 3.05. The second kappa shape index (κ2) is 4.49. The van der Waals surface area contributed by atoms with E-state index >= 15 is 0 Å². The topological polar surface area (TPSA) is 54.7 Å². The lowest BCUT2D eigenvalue weighted by Crippen LogP contribution is -2.46. The summed E-state index contributed by atoms with van der Waals surface area (Å²) in [5.41, 5.74) is 0. The summed E-state index contributed by atoms with van der Waals surface area (Å²) < 4.78 is 1.82. The minimum Gasteiger partial charge on any atom is -0.327 e. The van der Waals surface area contributed by atoms with Gasteiger partial charge in [0.25, 0.3) is 5.91 Å². The number of hydrogen-bond acceptors (Lipinski definition) is 4. The van der Waals surface area contributed by atoms with Gasteiger partial charge in [-0.15, -0.1) is 23.1 Å². The molecule has 0 bridgehead atoms. The number of rotatable bonds is 1. The fraction of sp³-hybridized carbons (Fsp3) is 0.583. The fourth-order valence-corrected chi connectivity index (χ4v) is 4.76. The van der Waals surface area contributed by atoms with Crippen LogP contribution < -0.4 is 4.80 Å². The number of thioether (sulfide) groups is 1. The van der Waals surface area contributed by atoms with Crippen molar-refractivity contribution in [2.75, 3.05) is 5.75 Å². The summed E-state index contributed by atoms with van der Waals surface area (Å²) >= 11 is 3.12. The van der Waals surface area contributed by atoms with Crippen molar-refractivity contribution in [3.63, 3.8) is 0 Å². The number of carbonyl (C=O) groups is 2. The standard InChI is InChI=1S/C12H15N3O2S2/c1-12-4-3-9(16)15(12)8(7-19-12)10(17)13-11-14(2)5-6-18-11/h5-6,8H,3-4,7H2,1-2H3/t8-,12+/m1/s1. The molecule has 1 aromatic heterocycles. The lowest BCUT2D eigenvalue weighted by molar-refractivity contribution is -0.136. The minimum atomic E-state index is -0.396. The third-order valence-electron chi connectivity index (χ3n) is 3.70. The number of fused-ring (bicyclic) bond motifs is 1. The molecule has 102 valence electrons. The van der Waals surface area contributed by atoms with E-state index in [2.05, 4.69) is 4.99 Å². The molecule has 0 saturated carbocycles. The van der Waals surface area contributed by atoms with Gasteiger partial charge in [0.15, 0.2) is 4.80 Å². The van der Waals surface area contributed by atoms with Crippen LogP contribution in [0.15, 0.2) is 16.6 Å². The summed E-state index contributed by atoms with van der Waals surface area (Å²) in [6.45, 7) is 2.04. The molecule has 19 heavy (non-hydrogen) atoms. The molecule has 3 heterocycles. The highest BCUT2D eigenvalue weighted by Gasteiger charge is 2.52. The molecule has 7 heteroatoms. The van der Waals surface area contributed by atoms with Crippen molar-refractivity contribution in [2.45, 2.75) is 30.7 Å². The lowest BCUT2D eigenvalue weighted by Gasteiger charge is -2.28. The summed E-state index contributed by atoms with van der Waals surface area (Å²) in [7, 11) is 1.86. The molecule has 3 rings (SSSR count). The van der Waals surface area contributed by atoms with Crippen molar-refractivity contribution in [3.05, 3.63) is 16.4 Å². The third-order valence-corrected chi connectivity index (χ3v) is 6.05. The van der Waals surface area contributed by atoms with Gasteiger partial charge in [0.05, 0.1) is 4.87 Å². The van der Waals surface area contributed by atoms with Crippen LogP contribution in [0.4, 0.5) is 0 Å². The average Bonchev–Trinajstić information content (AvgIpc) is 2.98. The third kappa shape index (κ3) is 2.04. The highest BCUT2D eigenvalue weighted by molar-refractivity contribution is 8.01. The molecule has 2 amide bonds. The van der Waals surface area contributed by atoms with Gasteiger partial charge in [0.1, 0.15) is 6.04 Å². The lowest BCUT2D eigenvalue weighted by atomic mass is 10.2. The largest absolute Gasteiger partial charge is 0.327 e. The van der Waals surface area contributed by atoms with Crippen molar-refractivity contribution >= 4 is 34.9 Å². The maximum absolute atomic E-state index is 12.3. The fourth-order valence-electron chi connectivity index (χ4n) is 2.61. The van der Waals surface area contributed by atoms with Gasteiger partial charge in [0, 0.05) is 30.8 Å². The van der Waals surface area contributed by atoms with Gasteiger partial charge in [0.2, 0.25) is 5.91 Å². The molecule has 0 N–H and O–H groups in total. The van der Waals surface area contributed by atoms with Crippen LogP contribution in [0, 0.1) is 0 Å². The van der Waals surface area contributed by atoms with E-state index in [1.54, 1.807) is 16.7 Å². The van der Waals surface area contributed by atoms with E-state index in [4.69, 9.17) is 0 Å². The molecule has 0 radical (unpaired) electrons. The average molecular weight is 297 g/mol. The molecule has 0 unspecified atom stereocenters. The Morgan fingerprint density at radius 1 is 1.58 bits per heavy atom. The molecular formula is C12H15N3O2S2. The van der Waals surface area contributed by atoms with Crippen LogP contribution in [0.1, 0.15) is 19.8 Å². The molecule has 0 aliphatic carbocycles. The number of thiazole rings is 1.